The predicted molar refractivity (Wildman–Crippen MR) is 137 cm³/mol. The Labute approximate surface area is 202 Å². The third-order valence-corrected chi connectivity index (χ3v) is 7.09. The minimum absolute atomic E-state index is 0.148. The van der Waals surface area contributed by atoms with Gasteiger partial charge in [0.25, 0.3) is 11.5 Å². The normalized spacial score (nSPS) is 18.4. The second kappa shape index (κ2) is 10.7. The van der Waals surface area contributed by atoms with Gasteiger partial charge in [-0.1, -0.05) is 11.6 Å². The lowest BCUT2D eigenvalue weighted by Crippen LogP contribution is -2.42. The smallest absolute Gasteiger partial charge is 0.254 e. The summed E-state index contributed by atoms with van der Waals surface area (Å²) in [6.45, 7) is 7.01. The largest absolute Gasteiger partial charge is 0.369 e. The molecule has 2 aromatic rings. The van der Waals surface area contributed by atoms with E-state index in [1.165, 1.54) is 12.8 Å². The van der Waals surface area contributed by atoms with Gasteiger partial charge in [0.2, 0.25) is 0 Å². The highest BCUT2D eigenvalue weighted by Crippen LogP contribution is 2.31. The SMILES string of the molecule is CCN(c1cc(Cl)cc(C(=O)N(C)Cc2c(C)cc(C)[nH]c2=O)c1)C1CCC(N(C)C)CC1. The highest BCUT2D eigenvalue weighted by atomic mass is 35.5. The number of H-pyrrole nitrogens is 1. The van der Waals surface area contributed by atoms with Crippen LogP contribution in [0.4, 0.5) is 5.69 Å². The predicted octanol–water partition coefficient (Wildman–Crippen LogP) is 4.62. The second-order valence-electron chi connectivity index (χ2n) is 9.51. The molecule has 0 atom stereocenters. The highest BCUT2D eigenvalue weighted by molar-refractivity contribution is 6.31. The van der Waals surface area contributed by atoms with Crippen LogP contribution in [0.25, 0.3) is 0 Å². The molecule has 7 heteroatoms. The van der Waals surface area contributed by atoms with Crippen molar-refractivity contribution in [3.05, 3.63) is 62.0 Å². The molecule has 1 aromatic carbocycles. The number of amides is 1. The average Bonchev–Trinajstić information content (AvgIpc) is 2.76. The number of nitrogens with zero attached hydrogens (tertiary/aromatic N) is 3. The molecule has 1 amide bonds. The van der Waals surface area contributed by atoms with Crippen molar-refractivity contribution in [2.75, 3.05) is 32.6 Å². The maximum absolute atomic E-state index is 13.3. The van der Waals surface area contributed by atoms with Crippen LogP contribution >= 0.6 is 11.6 Å². The third-order valence-electron chi connectivity index (χ3n) is 6.87. The van der Waals surface area contributed by atoms with E-state index in [4.69, 9.17) is 11.6 Å². The van der Waals surface area contributed by atoms with Crippen LogP contribution in [0.2, 0.25) is 5.02 Å². The molecule has 1 heterocycles. The van der Waals surface area contributed by atoms with Gasteiger partial charge in [-0.2, -0.15) is 0 Å². The standard InChI is InChI=1S/C26H37ClN4O2/c1-7-31(22-10-8-21(9-11-22)29(4)5)23-14-19(13-20(27)15-23)26(33)30(6)16-24-17(2)12-18(3)28-25(24)32/h12-15,21-22H,7-11,16H2,1-6H3,(H,28,32). The van der Waals surface area contributed by atoms with Crippen molar-refractivity contribution in [2.45, 2.75) is 65.1 Å². The van der Waals surface area contributed by atoms with Gasteiger partial charge in [0.05, 0.1) is 6.54 Å². The maximum Gasteiger partial charge on any atom is 0.254 e. The van der Waals surface area contributed by atoms with Gasteiger partial charge < -0.3 is 19.7 Å². The van der Waals surface area contributed by atoms with E-state index in [-0.39, 0.29) is 18.0 Å². The molecule has 1 N–H and O–H groups in total. The van der Waals surface area contributed by atoms with Crippen molar-refractivity contribution in [1.82, 2.24) is 14.8 Å². The zero-order valence-electron chi connectivity index (χ0n) is 20.7. The van der Waals surface area contributed by atoms with Gasteiger partial charge >= 0.3 is 0 Å². The van der Waals surface area contributed by atoms with Crippen LogP contribution in [-0.4, -0.2) is 60.5 Å². The zero-order chi connectivity index (χ0) is 24.3. The summed E-state index contributed by atoms with van der Waals surface area (Å²) in [6, 6.07) is 8.62. The van der Waals surface area contributed by atoms with Crippen molar-refractivity contribution in [3.63, 3.8) is 0 Å². The number of hydrogen-bond acceptors (Lipinski definition) is 4. The van der Waals surface area contributed by atoms with Gasteiger partial charge in [0, 0.05) is 53.2 Å². The Hall–Kier alpha value is -2.31. The monoisotopic (exact) mass is 472 g/mol. The van der Waals surface area contributed by atoms with Crippen LogP contribution in [0.5, 0.6) is 0 Å². The van der Waals surface area contributed by atoms with E-state index in [1.54, 1.807) is 18.0 Å². The molecule has 33 heavy (non-hydrogen) atoms. The molecule has 6 nitrogen and oxygen atoms in total. The fraction of sp³-hybridized carbons (Fsp3) is 0.538. The number of aromatic nitrogens is 1. The summed E-state index contributed by atoms with van der Waals surface area (Å²) in [5.41, 5.74) is 3.68. The molecule has 0 saturated heterocycles. The lowest BCUT2D eigenvalue weighted by molar-refractivity contribution is 0.0784. The van der Waals surface area contributed by atoms with Gasteiger partial charge in [0.1, 0.15) is 0 Å². The molecule has 0 aliphatic heterocycles. The fourth-order valence-corrected chi connectivity index (χ4v) is 5.24. The molecule has 0 radical (unpaired) electrons. The van der Waals surface area contributed by atoms with E-state index in [9.17, 15) is 9.59 Å². The third kappa shape index (κ3) is 5.98. The van der Waals surface area contributed by atoms with Gasteiger partial charge in [0.15, 0.2) is 0 Å². The summed E-state index contributed by atoms with van der Waals surface area (Å²) in [4.78, 5) is 34.8. The maximum atomic E-state index is 13.3. The van der Waals surface area contributed by atoms with Crippen LogP contribution in [0.1, 0.15) is 59.8 Å². The summed E-state index contributed by atoms with van der Waals surface area (Å²) in [5, 5.41) is 0.550. The minimum Gasteiger partial charge on any atom is -0.369 e. The topological polar surface area (TPSA) is 59.7 Å². The van der Waals surface area contributed by atoms with E-state index < -0.39 is 0 Å². The number of benzene rings is 1. The fourth-order valence-electron chi connectivity index (χ4n) is 5.01. The minimum atomic E-state index is -0.149. The molecule has 1 aliphatic carbocycles. The van der Waals surface area contributed by atoms with E-state index in [1.807, 2.05) is 32.0 Å². The van der Waals surface area contributed by atoms with E-state index in [0.29, 0.717) is 28.2 Å². The van der Waals surface area contributed by atoms with Crippen LogP contribution in [-0.2, 0) is 6.54 Å². The Bertz CT molecular complexity index is 1040. The summed E-state index contributed by atoms with van der Waals surface area (Å²) < 4.78 is 0. The molecule has 1 aliphatic rings. The lowest BCUT2D eigenvalue weighted by Gasteiger charge is -2.39. The van der Waals surface area contributed by atoms with Crippen molar-refractivity contribution < 1.29 is 4.79 Å². The van der Waals surface area contributed by atoms with E-state index in [0.717, 1.165) is 36.3 Å². The Kier molecular flexibility index (Phi) is 8.24. The van der Waals surface area contributed by atoms with Crippen molar-refractivity contribution in [1.29, 1.82) is 0 Å². The van der Waals surface area contributed by atoms with Crippen molar-refractivity contribution in [3.8, 4) is 0 Å². The van der Waals surface area contributed by atoms with Gasteiger partial charge in [-0.25, -0.2) is 0 Å². The van der Waals surface area contributed by atoms with Crippen LogP contribution in [0.15, 0.2) is 29.1 Å². The number of nitrogens with one attached hydrogen (secondary N) is 1. The number of halogens is 1. The molecule has 0 spiro atoms. The first-order valence-corrected chi connectivity index (χ1v) is 12.2. The lowest BCUT2D eigenvalue weighted by atomic mass is 9.89. The zero-order valence-corrected chi connectivity index (χ0v) is 21.5. The van der Waals surface area contributed by atoms with Crippen LogP contribution in [0, 0.1) is 13.8 Å². The number of carbonyl (C=O) groups is 1. The molecule has 180 valence electrons. The molecule has 0 bridgehead atoms. The number of pyridine rings is 1. The average molecular weight is 473 g/mol. The van der Waals surface area contributed by atoms with E-state index in [2.05, 4.69) is 35.8 Å². The Morgan fingerprint density at radius 1 is 1.03 bits per heavy atom. The van der Waals surface area contributed by atoms with E-state index >= 15 is 0 Å². The van der Waals surface area contributed by atoms with Gasteiger partial charge in [-0.05, 0) is 90.4 Å². The molecular formula is C26H37ClN4O2. The first kappa shape index (κ1) is 25.3. The molecule has 1 saturated carbocycles. The van der Waals surface area contributed by atoms with Gasteiger partial charge in [-0.3, -0.25) is 9.59 Å². The number of anilines is 1. The summed E-state index contributed by atoms with van der Waals surface area (Å²) in [5.74, 6) is -0.148. The number of hydrogen-bond donors (Lipinski definition) is 1. The van der Waals surface area contributed by atoms with Crippen molar-refractivity contribution in [2.24, 2.45) is 0 Å². The quantitative estimate of drug-likeness (QED) is 0.639. The number of rotatable bonds is 7. The first-order valence-electron chi connectivity index (χ1n) is 11.8. The number of aryl methyl sites for hydroxylation is 2. The summed E-state index contributed by atoms with van der Waals surface area (Å²) >= 11 is 6.47. The Balaban J connectivity index is 1.80. The first-order chi connectivity index (χ1) is 15.6. The summed E-state index contributed by atoms with van der Waals surface area (Å²) in [7, 11) is 6.03. The molecule has 0 unspecified atom stereocenters. The van der Waals surface area contributed by atoms with Crippen LogP contribution in [0.3, 0.4) is 0 Å². The Morgan fingerprint density at radius 2 is 1.67 bits per heavy atom. The van der Waals surface area contributed by atoms with Crippen molar-refractivity contribution >= 4 is 23.2 Å². The van der Waals surface area contributed by atoms with Crippen LogP contribution < -0.4 is 10.5 Å². The molecule has 1 aromatic heterocycles. The molecule has 3 rings (SSSR count). The highest BCUT2D eigenvalue weighted by Gasteiger charge is 2.27. The molecule has 1 fully saturated rings. The second-order valence-corrected chi connectivity index (χ2v) is 9.95. The number of aromatic amines is 1. The molecular weight excluding hydrogens is 436 g/mol. The summed E-state index contributed by atoms with van der Waals surface area (Å²) in [6.07, 6.45) is 4.60. The number of carbonyl (C=O) groups excluding carboxylic acids is 1. The Morgan fingerprint density at radius 3 is 2.24 bits per heavy atom. The van der Waals surface area contributed by atoms with Gasteiger partial charge in [-0.15, -0.1) is 0 Å².